The van der Waals surface area contributed by atoms with Gasteiger partial charge in [-0.1, -0.05) is 18.2 Å². The molecule has 3 N–H and O–H groups in total. The molecule has 0 aliphatic carbocycles. The van der Waals surface area contributed by atoms with E-state index in [-0.39, 0.29) is 11.7 Å². The summed E-state index contributed by atoms with van der Waals surface area (Å²) in [5.74, 6) is 0.717. The second kappa shape index (κ2) is 7.92. The molecule has 1 aromatic heterocycles. The quantitative estimate of drug-likeness (QED) is 0.645. The maximum Gasteiger partial charge on any atom is 0.251 e. The van der Waals surface area contributed by atoms with Crippen molar-refractivity contribution in [2.24, 2.45) is 0 Å². The lowest BCUT2D eigenvalue weighted by atomic mass is 10.1. The molecule has 0 unspecified atom stereocenters. The third-order valence-electron chi connectivity index (χ3n) is 3.60. The van der Waals surface area contributed by atoms with E-state index < -0.39 is 0 Å². The number of rotatable bonds is 6. The first-order valence-electron chi connectivity index (χ1n) is 7.90. The van der Waals surface area contributed by atoms with Gasteiger partial charge < -0.3 is 15.7 Å². The first-order chi connectivity index (χ1) is 12.2. The highest BCUT2D eigenvalue weighted by Gasteiger charge is 2.06. The lowest BCUT2D eigenvalue weighted by Gasteiger charge is -2.08. The van der Waals surface area contributed by atoms with Crippen LogP contribution in [0.2, 0.25) is 0 Å². The Bertz CT molecular complexity index is 836. The van der Waals surface area contributed by atoms with Crippen LogP contribution in [-0.2, 0) is 6.42 Å². The Kier molecular flexibility index (Phi) is 5.21. The van der Waals surface area contributed by atoms with Crippen LogP contribution in [0.4, 0.5) is 11.5 Å². The molecule has 0 saturated heterocycles. The molecule has 126 valence electrons. The summed E-state index contributed by atoms with van der Waals surface area (Å²) >= 11 is 0. The van der Waals surface area contributed by atoms with Gasteiger partial charge in [0.2, 0.25) is 0 Å². The van der Waals surface area contributed by atoms with Crippen LogP contribution < -0.4 is 10.6 Å². The molecule has 3 rings (SSSR count). The predicted octanol–water partition coefficient (Wildman–Crippen LogP) is 2.90. The largest absolute Gasteiger partial charge is 0.508 e. The molecule has 0 spiro atoms. The molecule has 0 fully saturated rings. The van der Waals surface area contributed by atoms with E-state index in [0.29, 0.717) is 24.3 Å². The SMILES string of the molecule is O=C(NCCc1ccc(O)cc1)c1cccc(Nc2cnccn2)c1. The van der Waals surface area contributed by atoms with Crippen molar-refractivity contribution >= 4 is 17.4 Å². The van der Waals surface area contributed by atoms with Crippen LogP contribution in [0.1, 0.15) is 15.9 Å². The van der Waals surface area contributed by atoms with Crippen molar-refractivity contribution in [1.82, 2.24) is 15.3 Å². The van der Waals surface area contributed by atoms with Gasteiger partial charge in [0.05, 0.1) is 6.20 Å². The second-order valence-corrected chi connectivity index (χ2v) is 5.47. The van der Waals surface area contributed by atoms with Gasteiger partial charge in [-0.2, -0.15) is 0 Å². The zero-order valence-corrected chi connectivity index (χ0v) is 13.5. The Labute approximate surface area is 145 Å². The number of aromatic hydroxyl groups is 1. The maximum absolute atomic E-state index is 12.3. The summed E-state index contributed by atoms with van der Waals surface area (Å²) in [6, 6.07) is 14.2. The van der Waals surface area contributed by atoms with Gasteiger partial charge in [-0.3, -0.25) is 9.78 Å². The van der Waals surface area contributed by atoms with E-state index in [9.17, 15) is 9.90 Å². The molecule has 0 aliphatic heterocycles. The number of hydrogen-bond acceptors (Lipinski definition) is 5. The van der Waals surface area contributed by atoms with Crippen molar-refractivity contribution in [3.63, 3.8) is 0 Å². The molecular weight excluding hydrogens is 316 g/mol. The highest BCUT2D eigenvalue weighted by Crippen LogP contribution is 2.15. The fourth-order valence-corrected chi connectivity index (χ4v) is 2.33. The summed E-state index contributed by atoms with van der Waals surface area (Å²) < 4.78 is 0. The van der Waals surface area contributed by atoms with Crippen LogP contribution in [0.3, 0.4) is 0 Å². The normalized spacial score (nSPS) is 10.2. The lowest BCUT2D eigenvalue weighted by molar-refractivity contribution is 0.0954. The Morgan fingerprint density at radius 1 is 1.08 bits per heavy atom. The molecular formula is C19H18N4O2. The molecule has 0 saturated carbocycles. The topological polar surface area (TPSA) is 87.1 Å². The Morgan fingerprint density at radius 2 is 1.92 bits per heavy atom. The number of carbonyl (C=O) groups is 1. The third-order valence-corrected chi connectivity index (χ3v) is 3.60. The second-order valence-electron chi connectivity index (χ2n) is 5.47. The van der Waals surface area contributed by atoms with Crippen molar-refractivity contribution in [3.05, 3.63) is 78.2 Å². The van der Waals surface area contributed by atoms with Crippen LogP contribution in [0.15, 0.2) is 67.1 Å². The number of amides is 1. The Morgan fingerprint density at radius 3 is 2.68 bits per heavy atom. The first kappa shape index (κ1) is 16.4. The van der Waals surface area contributed by atoms with Crippen molar-refractivity contribution in [3.8, 4) is 5.75 Å². The Balaban J connectivity index is 1.56. The summed E-state index contributed by atoms with van der Waals surface area (Å²) in [7, 11) is 0. The van der Waals surface area contributed by atoms with Crippen LogP contribution in [0.25, 0.3) is 0 Å². The predicted molar refractivity (Wildman–Crippen MR) is 95.9 cm³/mol. The van der Waals surface area contributed by atoms with Gasteiger partial charge in [-0.15, -0.1) is 0 Å². The van der Waals surface area contributed by atoms with Crippen LogP contribution in [0, 0.1) is 0 Å². The van der Waals surface area contributed by atoms with E-state index in [1.54, 1.807) is 42.9 Å². The maximum atomic E-state index is 12.3. The molecule has 3 aromatic rings. The smallest absolute Gasteiger partial charge is 0.251 e. The number of nitrogens with one attached hydrogen (secondary N) is 2. The fraction of sp³-hybridized carbons (Fsp3) is 0.105. The molecule has 0 atom stereocenters. The molecule has 0 aliphatic rings. The van der Waals surface area contributed by atoms with Crippen LogP contribution in [-0.4, -0.2) is 27.5 Å². The molecule has 0 bridgehead atoms. The van der Waals surface area contributed by atoms with Crippen molar-refractivity contribution in [1.29, 1.82) is 0 Å². The molecule has 1 amide bonds. The van der Waals surface area contributed by atoms with Crippen molar-refractivity contribution in [2.45, 2.75) is 6.42 Å². The summed E-state index contributed by atoms with van der Waals surface area (Å²) in [5.41, 5.74) is 2.39. The van der Waals surface area contributed by atoms with Gasteiger partial charge in [0.1, 0.15) is 11.6 Å². The molecule has 6 heteroatoms. The van der Waals surface area contributed by atoms with E-state index in [1.807, 2.05) is 24.3 Å². The van der Waals surface area contributed by atoms with Gasteiger partial charge in [0.15, 0.2) is 0 Å². The van der Waals surface area contributed by atoms with Gasteiger partial charge in [0, 0.05) is 30.2 Å². The average molecular weight is 334 g/mol. The standard InChI is InChI=1S/C19H18N4O2/c24-17-6-4-14(5-7-17)8-9-22-19(25)15-2-1-3-16(12-15)23-18-13-20-10-11-21-18/h1-7,10-13,24H,8-9H2,(H,21,23)(H,22,25). The minimum absolute atomic E-state index is 0.137. The first-order valence-corrected chi connectivity index (χ1v) is 7.90. The highest BCUT2D eigenvalue weighted by atomic mass is 16.3. The average Bonchev–Trinajstić information content (AvgIpc) is 2.64. The van der Waals surface area contributed by atoms with Crippen LogP contribution >= 0.6 is 0 Å². The zero-order chi connectivity index (χ0) is 17.5. The zero-order valence-electron chi connectivity index (χ0n) is 13.5. The monoisotopic (exact) mass is 334 g/mol. The van der Waals surface area contributed by atoms with Crippen molar-refractivity contribution < 1.29 is 9.90 Å². The molecule has 1 heterocycles. The minimum Gasteiger partial charge on any atom is -0.508 e. The van der Waals surface area contributed by atoms with Gasteiger partial charge in [0.25, 0.3) is 5.91 Å². The fourth-order valence-electron chi connectivity index (χ4n) is 2.33. The number of aromatic nitrogens is 2. The van der Waals surface area contributed by atoms with Gasteiger partial charge in [-0.05, 0) is 42.3 Å². The number of nitrogens with zero attached hydrogens (tertiary/aromatic N) is 2. The van der Waals surface area contributed by atoms with Crippen molar-refractivity contribution in [2.75, 3.05) is 11.9 Å². The molecule has 6 nitrogen and oxygen atoms in total. The minimum atomic E-state index is -0.137. The van der Waals surface area contributed by atoms with E-state index in [0.717, 1.165) is 11.3 Å². The molecule has 2 aromatic carbocycles. The summed E-state index contributed by atoms with van der Waals surface area (Å²) in [6.45, 7) is 0.519. The highest BCUT2D eigenvalue weighted by molar-refractivity contribution is 5.95. The Hall–Kier alpha value is -3.41. The molecule has 0 radical (unpaired) electrons. The number of benzene rings is 2. The van der Waals surface area contributed by atoms with E-state index in [1.165, 1.54) is 0 Å². The van der Waals surface area contributed by atoms with E-state index in [2.05, 4.69) is 20.6 Å². The lowest BCUT2D eigenvalue weighted by Crippen LogP contribution is -2.25. The number of phenolic OH excluding ortho intramolecular Hbond substituents is 1. The molecule has 25 heavy (non-hydrogen) atoms. The third kappa shape index (κ3) is 4.78. The van der Waals surface area contributed by atoms with Gasteiger partial charge in [-0.25, -0.2) is 4.98 Å². The van der Waals surface area contributed by atoms with Crippen LogP contribution in [0.5, 0.6) is 5.75 Å². The summed E-state index contributed by atoms with van der Waals surface area (Å²) in [5, 5.41) is 15.3. The summed E-state index contributed by atoms with van der Waals surface area (Å²) in [6.07, 6.45) is 5.51. The number of hydrogen-bond donors (Lipinski definition) is 3. The number of phenols is 1. The summed E-state index contributed by atoms with van der Waals surface area (Å²) in [4.78, 5) is 20.4. The number of anilines is 2. The van der Waals surface area contributed by atoms with Gasteiger partial charge >= 0.3 is 0 Å². The van der Waals surface area contributed by atoms with E-state index in [4.69, 9.17) is 0 Å². The number of carbonyl (C=O) groups excluding carboxylic acids is 1. The van der Waals surface area contributed by atoms with E-state index >= 15 is 0 Å².